The molecule has 0 rings (SSSR count). The van der Waals surface area contributed by atoms with Crippen LogP contribution >= 0.6 is 0 Å². The molecule has 0 spiro atoms. The molecule has 0 aromatic carbocycles. The quantitative estimate of drug-likeness (QED) is 0.216. The third kappa shape index (κ3) is 408. The van der Waals surface area contributed by atoms with Crippen molar-refractivity contribution >= 4 is 0 Å². The normalized spacial score (nSPS) is 7.20. The van der Waals surface area contributed by atoms with E-state index in [-0.39, 0.29) is 51.3 Å². The van der Waals surface area contributed by atoms with E-state index in [4.69, 9.17) is 30.9 Å². The van der Waals surface area contributed by atoms with Gasteiger partial charge in [0.2, 0.25) is 0 Å². The van der Waals surface area contributed by atoms with Crippen LogP contribution in [-0.4, -0.2) is 11.0 Å². The fourth-order valence-corrected chi connectivity index (χ4v) is 0. The van der Waals surface area contributed by atoms with Crippen molar-refractivity contribution in [3.05, 3.63) is 0 Å². The third-order valence-corrected chi connectivity index (χ3v) is 0. The second-order valence-electron chi connectivity index (χ2n) is 0.567. The Hall–Kier alpha value is 3.09. The van der Waals surface area contributed by atoms with Crippen LogP contribution in [0.4, 0.5) is 0 Å². The Kier molecular flexibility index (Phi) is 72.9. The van der Waals surface area contributed by atoms with E-state index < -0.39 is 63.2 Å². The topological polar surface area (TPSA) is 271 Å². The summed E-state index contributed by atoms with van der Waals surface area (Å²) in [6, 6.07) is 0. The Morgan fingerprint density at radius 2 is 0.400 bits per heavy atom. The number of halogens is 3. The predicted octanol–water partition coefficient (Wildman–Crippen LogP) is -21.3. The summed E-state index contributed by atoms with van der Waals surface area (Å²) in [4.78, 5) is 0. The Labute approximate surface area is 143 Å². The number of hydrogen-bond acceptors (Lipinski definition) is 9. The van der Waals surface area contributed by atoms with Gasteiger partial charge in [-0.3, -0.25) is 0 Å². The van der Waals surface area contributed by atoms with Crippen LogP contribution in [0.15, 0.2) is 0 Å². The van der Waals surface area contributed by atoms with Crippen molar-refractivity contribution in [2.45, 2.75) is 0 Å². The van der Waals surface area contributed by atoms with Gasteiger partial charge in [0.1, 0.15) is 0 Å². The number of hydrogen-bond donors (Lipinski definition) is 0. The summed E-state index contributed by atoms with van der Waals surface area (Å²) in [7, 11) is 0. The van der Waals surface area contributed by atoms with E-state index in [1.54, 1.807) is 0 Å². The van der Waals surface area contributed by atoms with Gasteiger partial charge >= 0.3 is 40.4 Å². The largest absolute Gasteiger partial charge is 3.00 e. The predicted molar refractivity (Wildman–Crippen MR) is 7.23 cm³/mol. The van der Waals surface area contributed by atoms with Crippen LogP contribution in [0.5, 0.6) is 0 Å². The molecule has 0 aliphatic heterocycles. The van der Waals surface area contributed by atoms with Crippen LogP contribution in [0.25, 0.3) is 0 Å². The van der Waals surface area contributed by atoms with Gasteiger partial charge in [-0.2, -0.15) is 0 Å². The van der Waals surface area contributed by atoms with Crippen LogP contribution in [-0.2, 0) is 0 Å². The Balaban J connectivity index is -0.0000000184. The van der Waals surface area contributed by atoms with Crippen molar-refractivity contribution in [3.8, 4) is 0 Å². The van der Waals surface area contributed by atoms with E-state index in [0.29, 0.717) is 0 Å². The average Bonchev–Trinajstić information content (AvgIpc) is 1.54. The van der Waals surface area contributed by atoms with Gasteiger partial charge in [0.25, 0.3) is 63.2 Å². The van der Waals surface area contributed by atoms with Crippen LogP contribution in [0.3, 0.4) is 0 Å². The SMILES string of the molecule is O.O.[O-][I+2]([O-])[O-].[O-][I+2]([O-])[O-].[O-][I+2]([O-])[O-].[Sm+3]. The molecular weight excluding hydrogens is 707 g/mol. The minimum absolute atomic E-state index is 0. The fourth-order valence-electron chi connectivity index (χ4n) is 0. The Bertz CT molecular complexity index is 44.3. The van der Waals surface area contributed by atoms with Crippen molar-refractivity contribution in [1.29, 1.82) is 0 Å². The van der Waals surface area contributed by atoms with Gasteiger partial charge in [0, 0.05) is 0 Å². The van der Waals surface area contributed by atoms with E-state index in [2.05, 4.69) is 0 Å². The molecule has 0 aliphatic rings. The summed E-state index contributed by atoms with van der Waals surface area (Å²) >= 11 is -12.0. The standard InChI is InChI=1S/3IO3.2H2O.Sm/c3*2-1(3)4;;;/h;;;2*1H2;/q3*-1;;;+3. The second kappa shape index (κ2) is 30.3. The maximum Gasteiger partial charge on any atom is 3.00 e. The minimum Gasteiger partial charge on any atom is -0.427 e. The van der Waals surface area contributed by atoms with Gasteiger partial charge in [-0.25, -0.2) is 0 Å². The maximum atomic E-state index is 8.57. The molecule has 0 saturated heterocycles. The zero-order chi connectivity index (χ0) is 10.7. The van der Waals surface area contributed by atoms with E-state index in [0.717, 1.165) is 0 Å². The first-order valence-corrected chi connectivity index (χ1v) is 9.32. The monoisotopic (exact) mass is 713 g/mol. The molecule has 11 nitrogen and oxygen atoms in total. The minimum atomic E-state index is -4.01. The molecule has 1 radical (unpaired) electrons. The van der Waals surface area contributed by atoms with E-state index in [1.807, 2.05) is 0 Å². The molecule has 15 heteroatoms. The molecule has 4 N–H and O–H groups in total. The molecule has 0 bridgehead atoms. The van der Waals surface area contributed by atoms with Crippen molar-refractivity contribution in [1.82, 2.24) is 0 Å². The summed E-state index contributed by atoms with van der Waals surface area (Å²) in [5.74, 6) is 0. The average molecular weight is 711 g/mol. The van der Waals surface area contributed by atoms with Crippen LogP contribution < -0.4 is 94.1 Å². The van der Waals surface area contributed by atoms with Crippen molar-refractivity contribution in [2.24, 2.45) is 0 Å². The van der Waals surface area contributed by atoms with E-state index in [1.165, 1.54) is 0 Å². The summed E-state index contributed by atoms with van der Waals surface area (Å²) in [6.45, 7) is 0. The summed E-state index contributed by atoms with van der Waals surface area (Å²) in [5.41, 5.74) is 0. The molecule has 0 unspecified atom stereocenters. The molecule has 0 aromatic rings. The first-order chi connectivity index (χ1) is 5.20. The van der Waals surface area contributed by atoms with E-state index >= 15 is 0 Å². The van der Waals surface area contributed by atoms with E-state index in [9.17, 15) is 0 Å². The second-order valence-corrected chi connectivity index (χ2v) is 3.80. The third-order valence-electron chi connectivity index (χ3n) is 0. The zero-order valence-electron chi connectivity index (χ0n) is 6.22. The molecule has 0 amide bonds. The molecule has 0 fully saturated rings. The Morgan fingerprint density at radius 1 is 0.400 bits per heavy atom. The molecule has 0 aliphatic carbocycles. The smallest absolute Gasteiger partial charge is 0.427 e. The first-order valence-electron chi connectivity index (χ1n) is 1.39. The van der Waals surface area contributed by atoms with Crippen LogP contribution in [0.2, 0.25) is 0 Å². The number of rotatable bonds is 0. The summed E-state index contributed by atoms with van der Waals surface area (Å²) in [5, 5.41) is 0. The fraction of sp³-hybridized carbons (Fsp3) is 0. The summed E-state index contributed by atoms with van der Waals surface area (Å²) in [6.07, 6.45) is 0. The van der Waals surface area contributed by atoms with Gasteiger partial charge in [-0.15, -0.1) is 0 Å². The summed E-state index contributed by atoms with van der Waals surface area (Å²) < 4.78 is 77.2. The molecule has 0 saturated carbocycles. The molecule has 15 heavy (non-hydrogen) atoms. The molecule has 0 atom stereocenters. The van der Waals surface area contributed by atoms with Crippen molar-refractivity contribution in [2.75, 3.05) is 0 Å². The Morgan fingerprint density at radius 3 is 0.400 bits per heavy atom. The van der Waals surface area contributed by atoms with Crippen molar-refractivity contribution in [3.63, 3.8) is 0 Å². The van der Waals surface area contributed by atoms with Gasteiger partial charge < -0.3 is 41.9 Å². The van der Waals surface area contributed by atoms with Gasteiger partial charge in [0.15, 0.2) is 0 Å². The van der Waals surface area contributed by atoms with Crippen LogP contribution in [0, 0.1) is 40.4 Å². The van der Waals surface area contributed by atoms with Gasteiger partial charge in [0.05, 0.1) is 0 Å². The molecule has 0 heterocycles. The first kappa shape index (κ1) is 36.1. The van der Waals surface area contributed by atoms with Gasteiger partial charge in [-0.1, -0.05) is 0 Å². The zero-order valence-corrected chi connectivity index (χ0v) is 15.3. The van der Waals surface area contributed by atoms with Gasteiger partial charge in [-0.05, 0) is 0 Å². The maximum absolute atomic E-state index is 8.57. The van der Waals surface area contributed by atoms with Crippen LogP contribution in [0.1, 0.15) is 0 Å². The molecule has 97 valence electrons. The molecule has 0 aromatic heterocycles. The van der Waals surface area contributed by atoms with Crippen molar-refractivity contribution < 1.29 is 145 Å². The molecular formula is H4I3O11Sm.